The number of fused-ring (bicyclic) bond motifs is 2. The third-order valence-electron chi connectivity index (χ3n) is 9.06. The zero-order valence-electron chi connectivity index (χ0n) is 26.7. The van der Waals surface area contributed by atoms with E-state index in [1.165, 1.54) is 14.2 Å². The van der Waals surface area contributed by atoms with Crippen LogP contribution in [0.4, 0.5) is 0 Å². The number of carbonyl (C=O) groups excluding carboxylic acids is 4. The molecule has 0 bridgehead atoms. The molecule has 0 aliphatic heterocycles. The van der Waals surface area contributed by atoms with Gasteiger partial charge in [0.25, 0.3) is 0 Å². The summed E-state index contributed by atoms with van der Waals surface area (Å²) in [5.74, 6) is -0.0831. The topological polar surface area (TPSA) is 86.7 Å². The van der Waals surface area contributed by atoms with E-state index in [-0.39, 0.29) is 46.2 Å². The van der Waals surface area contributed by atoms with Gasteiger partial charge in [-0.2, -0.15) is 0 Å². The Balaban J connectivity index is 1.73. The van der Waals surface area contributed by atoms with Crippen LogP contribution in [0.1, 0.15) is 136 Å². The first-order valence-corrected chi connectivity index (χ1v) is 15.2. The minimum absolute atomic E-state index is 0.107. The lowest BCUT2D eigenvalue weighted by Gasteiger charge is -2.29. The second-order valence-corrected chi connectivity index (χ2v) is 13.5. The van der Waals surface area contributed by atoms with Crippen molar-refractivity contribution >= 4 is 23.5 Å². The van der Waals surface area contributed by atoms with E-state index in [4.69, 9.17) is 9.47 Å². The molecule has 0 aromatic heterocycles. The molecule has 6 nitrogen and oxygen atoms in total. The van der Waals surface area contributed by atoms with Crippen LogP contribution in [0, 0.1) is 11.8 Å². The fourth-order valence-corrected chi connectivity index (χ4v) is 6.01. The predicted octanol–water partition coefficient (Wildman–Crippen LogP) is 7.76. The Bertz CT molecular complexity index is 1220. The van der Waals surface area contributed by atoms with Gasteiger partial charge in [0.15, 0.2) is 11.6 Å². The van der Waals surface area contributed by atoms with Crippen molar-refractivity contribution in [3.8, 4) is 0 Å². The summed E-state index contributed by atoms with van der Waals surface area (Å²) in [5.41, 5.74) is 3.57. The maximum absolute atomic E-state index is 13.7. The fourth-order valence-electron chi connectivity index (χ4n) is 6.01. The lowest BCUT2D eigenvalue weighted by Crippen LogP contribution is -2.25. The van der Waals surface area contributed by atoms with Crippen molar-refractivity contribution in [2.45, 2.75) is 104 Å². The van der Waals surface area contributed by atoms with Gasteiger partial charge in [-0.3, -0.25) is 19.2 Å². The molecule has 0 N–H and O–H groups in total. The van der Waals surface area contributed by atoms with E-state index in [1.807, 2.05) is 36.4 Å². The van der Waals surface area contributed by atoms with Gasteiger partial charge < -0.3 is 9.47 Å². The smallest absolute Gasteiger partial charge is 0.305 e. The monoisotopic (exact) mass is 576 g/mol. The van der Waals surface area contributed by atoms with E-state index < -0.39 is 0 Å². The molecule has 42 heavy (non-hydrogen) atoms. The van der Waals surface area contributed by atoms with Crippen LogP contribution in [0.15, 0.2) is 36.4 Å². The molecule has 0 spiro atoms. The van der Waals surface area contributed by atoms with Crippen molar-refractivity contribution in [2.75, 3.05) is 14.2 Å². The number of rotatable bonds is 14. The number of hydrogen-bond donors (Lipinski definition) is 0. The third-order valence-corrected chi connectivity index (χ3v) is 9.06. The average molecular weight is 577 g/mol. The van der Waals surface area contributed by atoms with Crippen molar-refractivity contribution in [3.63, 3.8) is 0 Å². The highest BCUT2D eigenvalue weighted by molar-refractivity contribution is 6.28. The van der Waals surface area contributed by atoms with E-state index in [1.54, 1.807) is 0 Å². The van der Waals surface area contributed by atoms with Crippen molar-refractivity contribution in [3.05, 3.63) is 69.8 Å². The van der Waals surface area contributed by atoms with Gasteiger partial charge in [-0.25, -0.2) is 0 Å². The van der Waals surface area contributed by atoms with Crippen LogP contribution < -0.4 is 0 Å². The molecular formula is C36H48O6. The van der Waals surface area contributed by atoms with Crippen LogP contribution in [0.25, 0.3) is 0 Å². The standard InChI is InChI=1S/C36H48O6/c1-23(19-31(37)41-7)11-9-17-35(3,4)25-13-15-27-29(21-25)33(39)28-16-14-26(22-30(28)34(27)40)36(5,6)18-10-12-24(2)20-32(38)42-8/h13-16,21-24H,9-12,17-20H2,1-8H3. The molecule has 2 aromatic carbocycles. The SMILES string of the molecule is COC(=O)CC(C)CCCC(C)(C)c1ccc2c(c1)C(=O)c1ccc(C(C)(C)CCCC(C)CC(=O)OC)cc1C2=O. The van der Waals surface area contributed by atoms with Crippen molar-refractivity contribution in [1.82, 2.24) is 0 Å². The Kier molecular flexibility index (Phi) is 10.9. The summed E-state index contributed by atoms with van der Waals surface area (Å²) in [6.07, 6.45) is 6.36. The maximum Gasteiger partial charge on any atom is 0.305 e. The molecule has 1 aliphatic rings. The zero-order valence-corrected chi connectivity index (χ0v) is 26.7. The summed E-state index contributed by atoms with van der Waals surface area (Å²) in [4.78, 5) is 50.4. The summed E-state index contributed by atoms with van der Waals surface area (Å²) < 4.78 is 9.57. The second-order valence-electron chi connectivity index (χ2n) is 13.5. The Labute approximate surface area is 251 Å². The maximum atomic E-state index is 13.7. The highest BCUT2D eigenvalue weighted by Crippen LogP contribution is 2.37. The van der Waals surface area contributed by atoms with Crippen LogP contribution in [-0.4, -0.2) is 37.7 Å². The van der Waals surface area contributed by atoms with Gasteiger partial charge in [0, 0.05) is 35.1 Å². The van der Waals surface area contributed by atoms with Gasteiger partial charge in [-0.05, 0) is 70.9 Å². The molecule has 0 saturated heterocycles. The molecule has 2 unspecified atom stereocenters. The lowest BCUT2D eigenvalue weighted by molar-refractivity contribution is -0.142. The Morgan fingerprint density at radius 3 is 1.33 bits per heavy atom. The van der Waals surface area contributed by atoms with Crippen LogP contribution in [0.3, 0.4) is 0 Å². The van der Waals surface area contributed by atoms with Crippen LogP contribution in [0.2, 0.25) is 0 Å². The second kappa shape index (κ2) is 13.8. The van der Waals surface area contributed by atoms with Gasteiger partial charge >= 0.3 is 11.9 Å². The molecule has 0 fully saturated rings. The molecule has 6 heteroatoms. The van der Waals surface area contributed by atoms with E-state index in [2.05, 4.69) is 41.5 Å². The minimum Gasteiger partial charge on any atom is -0.469 e. The Morgan fingerprint density at radius 1 is 0.643 bits per heavy atom. The van der Waals surface area contributed by atoms with Crippen molar-refractivity contribution in [1.29, 1.82) is 0 Å². The minimum atomic E-state index is -0.189. The van der Waals surface area contributed by atoms with E-state index in [9.17, 15) is 19.2 Å². The van der Waals surface area contributed by atoms with Crippen molar-refractivity contribution < 1.29 is 28.7 Å². The van der Waals surface area contributed by atoms with Gasteiger partial charge in [-0.15, -0.1) is 0 Å². The summed E-state index contributed by atoms with van der Waals surface area (Å²) in [7, 11) is 2.83. The molecular weight excluding hydrogens is 528 g/mol. The number of carbonyl (C=O) groups is 4. The average Bonchev–Trinajstić information content (AvgIpc) is 2.94. The lowest BCUT2D eigenvalue weighted by atomic mass is 9.74. The summed E-state index contributed by atoms with van der Waals surface area (Å²) >= 11 is 0. The highest BCUT2D eigenvalue weighted by atomic mass is 16.5. The first-order valence-electron chi connectivity index (χ1n) is 15.2. The van der Waals surface area contributed by atoms with E-state index in [0.717, 1.165) is 49.7 Å². The number of methoxy groups -OCH3 is 2. The third kappa shape index (κ3) is 7.96. The molecule has 228 valence electrons. The van der Waals surface area contributed by atoms with Gasteiger partial charge in [0.1, 0.15) is 0 Å². The number of ether oxygens (including phenoxy) is 2. The van der Waals surface area contributed by atoms with E-state index in [0.29, 0.717) is 35.1 Å². The van der Waals surface area contributed by atoms with Gasteiger partial charge in [0.05, 0.1) is 14.2 Å². The van der Waals surface area contributed by atoms with Crippen molar-refractivity contribution in [2.24, 2.45) is 11.8 Å². The molecule has 3 rings (SSSR count). The van der Waals surface area contributed by atoms with Crippen LogP contribution in [0.5, 0.6) is 0 Å². The summed E-state index contributed by atoms with van der Waals surface area (Å²) in [6, 6.07) is 11.4. The Hall–Kier alpha value is -3.28. The summed E-state index contributed by atoms with van der Waals surface area (Å²) in [6.45, 7) is 12.8. The quantitative estimate of drug-likeness (QED) is 0.182. The van der Waals surface area contributed by atoms with Gasteiger partial charge in [0.2, 0.25) is 0 Å². The fraction of sp³-hybridized carbons (Fsp3) is 0.556. The van der Waals surface area contributed by atoms with Crippen LogP contribution >= 0.6 is 0 Å². The highest BCUT2D eigenvalue weighted by Gasteiger charge is 2.33. The number of esters is 2. The number of hydrogen-bond acceptors (Lipinski definition) is 6. The zero-order chi connectivity index (χ0) is 31.2. The molecule has 0 radical (unpaired) electrons. The summed E-state index contributed by atoms with van der Waals surface area (Å²) in [5, 5.41) is 0. The van der Waals surface area contributed by atoms with E-state index >= 15 is 0 Å². The van der Waals surface area contributed by atoms with Crippen LogP contribution in [-0.2, 0) is 29.9 Å². The predicted molar refractivity (Wildman–Crippen MR) is 165 cm³/mol. The molecule has 2 aromatic rings. The molecule has 0 heterocycles. The normalized spacial score (nSPS) is 14.6. The number of ketones is 2. The van der Waals surface area contributed by atoms with Gasteiger partial charge in [-0.1, -0.05) is 79.4 Å². The molecule has 2 atom stereocenters. The largest absolute Gasteiger partial charge is 0.469 e. The first-order chi connectivity index (χ1) is 19.7. The number of benzene rings is 2. The first kappa shape index (κ1) is 33.2. The molecule has 1 aliphatic carbocycles. The molecule has 0 saturated carbocycles. The Morgan fingerprint density at radius 2 is 1.00 bits per heavy atom. The molecule has 0 amide bonds.